The molecule has 0 spiro atoms. The number of hydrogen-bond acceptors (Lipinski definition) is 3. The van der Waals surface area contributed by atoms with E-state index in [0.717, 1.165) is 0 Å². The Morgan fingerprint density at radius 2 is 1.44 bits per heavy atom. The Hall–Kier alpha value is 0.488. The summed E-state index contributed by atoms with van der Waals surface area (Å²) in [4.78, 5) is 0. The third-order valence-electron chi connectivity index (χ3n) is 1.84. The van der Waals surface area contributed by atoms with Crippen molar-refractivity contribution in [1.29, 1.82) is 0 Å². The average Bonchev–Trinajstić information content (AvgIpc) is 1.99. The summed E-state index contributed by atoms with van der Waals surface area (Å²) in [6, 6.07) is 0. The Morgan fingerprint density at radius 3 is 1.81 bits per heavy atom. The highest BCUT2D eigenvalue weighted by Gasteiger charge is 2.39. The van der Waals surface area contributed by atoms with Crippen molar-refractivity contribution in [1.82, 2.24) is 0 Å². The van der Waals surface area contributed by atoms with E-state index in [1.165, 1.54) is 0 Å². The molecule has 0 aromatic carbocycles. The summed E-state index contributed by atoms with van der Waals surface area (Å²) in [6.07, 6.45) is 0. The van der Waals surface area contributed by atoms with Gasteiger partial charge >= 0.3 is 17.1 Å². The van der Waals surface area contributed by atoms with Crippen LogP contribution in [0, 0.1) is 0 Å². The van der Waals surface area contributed by atoms with Gasteiger partial charge in [-0.3, -0.25) is 0 Å². The molecule has 0 amide bonds. The molecule has 94 valence electrons. The Labute approximate surface area is 106 Å². The molecule has 2 radical (unpaired) electrons. The molecule has 0 saturated heterocycles. The lowest BCUT2D eigenvalue weighted by Gasteiger charge is -2.36. The molecule has 0 aromatic rings. The van der Waals surface area contributed by atoms with Crippen LogP contribution in [0.15, 0.2) is 12.3 Å². The molecule has 0 bridgehead atoms. The van der Waals surface area contributed by atoms with Crippen LogP contribution >= 0.6 is 0 Å². The monoisotopic (exact) mass is 292 g/mol. The van der Waals surface area contributed by atoms with E-state index in [9.17, 15) is 0 Å². The second-order valence-corrected chi connectivity index (χ2v) is 17.2. The lowest BCUT2D eigenvalue weighted by atomic mass is 11.3. The van der Waals surface area contributed by atoms with E-state index >= 15 is 0 Å². The molecule has 0 aliphatic heterocycles. The highest BCUT2D eigenvalue weighted by atomic mass is 28.5. The van der Waals surface area contributed by atoms with E-state index in [2.05, 4.69) is 45.9 Å². The molecule has 16 heavy (non-hydrogen) atoms. The van der Waals surface area contributed by atoms with E-state index in [0.29, 0.717) is 9.76 Å². The van der Waals surface area contributed by atoms with Crippen molar-refractivity contribution in [3.05, 3.63) is 12.3 Å². The second-order valence-electron chi connectivity index (χ2n) is 5.12. The van der Waals surface area contributed by atoms with Gasteiger partial charge in [-0.2, -0.15) is 0 Å². The Balaban J connectivity index is 4.50. The molecule has 0 aliphatic carbocycles. The van der Waals surface area contributed by atoms with Crippen molar-refractivity contribution in [3.8, 4) is 0 Å². The molecular weight excluding hydrogens is 268 g/mol. The van der Waals surface area contributed by atoms with Crippen LogP contribution in [0.5, 0.6) is 0 Å². The molecule has 0 saturated carbocycles. The maximum atomic E-state index is 6.15. The van der Waals surface area contributed by atoms with E-state index in [1.54, 1.807) is 0 Å². The summed E-state index contributed by atoms with van der Waals surface area (Å²) >= 11 is 0. The van der Waals surface area contributed by atoms with Crippen LogP contribution in [-0.2, 0) is 12.3 Å². The van der Waals surface area contributed by atoms with E-state index in [-0.39, 0.29) is 0 Å². The van der Waals surface area contributed by atoms with Crippen molar-refractivity contribution in [2.24, 2.45) is 0 Å². The third-order valence-corrected chi connectivity index (χ3v) is 13.6. The zero-order valence-electron chi connectivity index (χ0n) is 11.5. The molecule has 0 aromatic heterocycles. The van der Waals surface area contributed by atoms with Gasteiger partial charge in [0.1, 0.15) is 0 Å². The van der Waals surface area contributed by atoms with E-state index in [1.807, 2.05) is 12.2 Å². The van der Waals surface area contributed by atoms with Gasteiger partial charge in [-0.15, -0.1) is 6.58 Å². The first-order valence-corrected chi connectivity index (χ1v) is 15.4. The van der Waals surface area contributed by atoms with Gasteiger partial charge in [-0.25, -0.2) is 0 Å². The summed E-state index contributed by atoms with van der Waals surface area (Å²) < 4.78 is 18.0. The van der Waals surface area contributed by atoms with Gasteiger partial charge in [0.05, 0.1) is 0 Å². The molecule has 0 fully saturated rings. The first-order valence-electron chi connectivity index (χ1n) is 5.42. The highest BCUT2D eigenvalue weighted by molar-refractivity contribution is 6.88. The maximum Gasteiger partial charge on any atom is 0.312 e. The van der Waals surface area contributed by atoms with Crippen molar-refractivity contribution in [2.45, 2.75) is 45.8 Å². The fourth-order valence-corrected chi connectivity index (χ4v) is 14.7. The summed E-state index contributed by atoms with van der Waals surface area (Å²) in [6.45, 7) is 18.4. The Kier molecular flexibility index (Phi) is 6.07. The normalized spacial score (nSPS) is 13.9. The van der Waals surface area contributed by atoms with Crippen molar-refractivity contribution >= 4 is 35.2 Å². The van der Waals surface area contributed by atoms with Gasteiger partial charge in [0, 0.05) is 0 Å². The molecule has 0 atom stereocenters. The largest absolute Gasteiger partial charge is 0.437 e. The zero-order valence-corrected chi connectivity index (χ0v) is 15.5. The molecule has 0 rings (SSSR count). The predicted octanol–water partition coefficient (Wildman–Crippen LogP) is 3.04. The lowest BCUT2D eigenvalue weighted by molar-refractivity contribution is 0.340. The van der Waals surface area contributed by atoms with Gasteiger partial charge in [0.2, 0.25) is 9.76 Å². The quantitative estimate of drug-likeness (QED) is 0.675. The minimum atomic E-state index is -2.10. The van der Waals surface area contributed by atoms with Crippen LogP contribution in [0.4, 0.5) is 0 Å². The molecule has 0 aliphatic rings. The second kappa shape index (κ2) is 5.89. The first-order chi connectivity index (χ1) is 7.04. The van der Waals surface area contributed by atoms with Gasteiger partial charge < -0.3 is 12.3 Å². The fourth-order valence-electron chi connectivity index (χ4n) is 1.55. The Bertz CT molecular complexity index is 241. The minimum absolute atomic E-state index is 0.478. The van der Waals surface area contributed by atoms with Gasteiger partial charge in [-0.1, -0.05) is 5.70 Å². The van der Waals surface area contributed by atoms with Crippen LogP contribution in [0.1, 0.15) is 0 Å². The van der Waals surface area contributed by atoms with E-state index in [4.69, 9.17) is 12.3 Å². The average molecular weight is 293 g/mol. The SMILES string of the molecule is C=C[Si](C)(C)O[Si](C)(C)O[Si](C)(C)O[Si]C. The smallest absolute Gasteiger partial charge is 0.312 e. The lowest BCUT2D eigenvalue weighted by Crippen LogP contribution is -2.53. The minimum Gasteiger partial charge on any atom is -0.437 e. The zero-order chi connectivity index (χ0) is 13.0. The van der Waals surface area contributed by atoms with Crippen LogP contribution in [-0.4, -0.2) is 35.2 Å². The van der Waals surface area contributed by atoms with Crippen LogP contribution in [0.25, 0.3) is 0 Å². The van der Waals surface area contributed by atoms with E-state index < -0.39 is 25.4 Å². The third kappa shape index (κ3) is 6.94. The summed E-state index contributed by atoms with van der Waals surface area (Å²) in [5, 5.41) is 0. The fraction of sp³-hybridized carbons (Fsp3) is 0.778. The predicted molar refractivity (Wildman–Crippen MR) is 77.5 cm³/mol. The summed E-state index contributed by atoms with van der Waals surface area (Å²) in [5.74, 6) is 0. The standard InChI is InChI=1S/C9H24O3Si4/c1-9-14(3,4)11-16(7,8)12-15(5,6)10-13-2/h9H,1H2,2-8H3. The van der Waals surface area contributed by atoms with Gasteiger partial charge in [0.15, 0.2) is 8.32 Å². The highest BCUT2D eigenvalue weighted by Crippen LogP contribution is 2.21. The van der Waals surface area contributed by atoms with Crippen LogP contribution in [0.2, 0.25) is 45.8 Å². The van der Waals surface area contributed by atoms with Crippen molar-refractivity contribution in [2.75, 3.05) is 0 Å². The van der Waals surface area contributed by atoms with Gasteiger partial charge in [0.25, 0.3) is 0 Å². The molecule has 0 unspecified atom stereocenters. The summed E-state index contributed by atoms with van der Waals surface area (Å²) in [5.41, 5.74) is 1.95. The molecule has 3 nitrogen and oxygen atoms in total. The van der Waals surface area contributed by atoms with Crippen LogP contribution in [0.3, 0.4) is 0 Å². The van der Waals surface area contributed by atoms with Crippen molar-refractivity contribution in [3.63, 3.8) is 0 Å². The molecular formula is C9H24O3Si4. The van der Waals surface area contributed by atoms with Crippen LogP contribution < -0.4 is 0 Å². The molecule has 0 N–H and O–H groups in total. The first kappa shape index (κ1) is 16.5. The Morgan fingerprint density at radius 1 is 0.938 bits per heavy atom. The maximum absolute atomic E-state index is 6.15. The summed E-state index contributed by atoms with van der Waals surface area (Å²) in [7, 11) is -5.40. The molecule has 7 heteroatoms. The van der Waals surface area contributed by atoms with Gasteiger partial charge in [-0.05, 0) is 45.8 Å². The topological polar surface area (TPSA) is 27.7 Å². The number of rotatable bonds is 7. The number of hydrogen-bond donors (Lipinski definition) is 0. The van der Waals surface area contributed by atoms with Crippen molar-refractivity contribution < 1.29 is 12.3 Å². The molecule has 0 heterocycles.